The molecule has 3 aromatic rings. The minimum Gasteiger partial charge on any atom is -0.494 e. The van der Waals surface area contributed by atoms with Crippen molar-refractivity contribution in [1.82, 2.24) is 10.9 Å². The number of azide groups is 1. The maximum atomic E-state index is 13.6. The van der Waals surface area contributed by atoms with Crippen molar-refractivity contribution in [3.8, 4) is 5.75 Å². The molecule has 0 fully saturated rings. The summed E-state index contributed by atoms with van der Waals surface area (Å²) in [6, 6.07) is 21.8. The van der Waals surface area contributed by atoms with E-state index in [1.54, 1.807) is 42.5 Å². The molecule has 0 saturated carbocycles. The number of hydrogen-bond donors (Lipinski definition) is 3. The first-order chi connectivity index (χ1) is 19.0. The average Bonchev–Trinajstić information content (AvgIpc) is 3.39. The number of halogens is 1. The number of hydrogen-bond acceptors (Lipinski definition) is 7. The van der Waals surface area contributed by atoms with E-state index in [0.29, 0.717) is 59.5 Å². The van der Waals surface area contributed by atoms with E-state index in [1.165, 1.54) is 0 Å². The Labute approximate surface area is 231 Å². The predicted molar refractivity (Wildman–Crippen MR) is 149 cm³/mol. The minimum absolute atomic E-state index is 0.000284. The fourth-order valence-electron chi connectivity index (χ4n) is 4.11. The molecule has 39 heavy (non-hydrogen) atoms. The number of nitrogens with one attached hydrogen (secondary N) is 2. The number of carbonyl (C=O) groups excluding carboxylic acids is 1. The van der Waals surface area contributed by atoms with Crippen LogP contribution in [0.5, 0.6) is 5.75 Å². The Kier molecular flexibility index (Phi) is 9.77. The fraction of sp³-hybridized carbons (Fsp3) is 0.286. The number of hydrazine groups is 1. The van der Waals surface area contributed by atoms with Crippen molar-refractivity contribution < 1.29 is 19.4 Å². The van der Waals surface area contributed by atoms with Crippen molar-refractivity contribution in [3.63, 3.8) is 0 Å². The highest BCUT2D eigenvalue weighted by atomic mass is 35.5. The van der Waals surface area contributed by atoms with E-state index in [-0.39, 0.29) is 25.5 Å². The second kappa shape index (κ2) is 13.6. The zero-order valence-electron chi connectivity index (χ0n) is 21.2. The zero-order valence-corrected chi connectivity index (χ0v) is 22.0. The van der Waals surface area contributed by atoms with E-state index in [4.69, 9.17) is 36.7 Å². The van der Waals surface area contributed by atoms with Gasteiger partial charge in [-0.2, -0.15) is 0 Å². The highest BCUT2D eigenvalue weighted by Crippen LogP contribution is 2.31. The van der Waals surface area contributed by atoms with Gasteiger partial charge in [0.05, 0.1) is 6.61 Å². The van der Waals surface area contributed by atoms with Gasteiger partial charge < -0.3 is 14.6 Å². The number of aliphatic hydroxyl groups excluding tert-OH is 1. The molecule has 1 amide bonds. The van der Waals surface area contributed by atoms with Crippen LogP contribution in [0.3, 0.4) is 0 Å². The van der Waals surface area contributed by atoms with Crippen molar-refractivity contribution in [2.24, 2.45) is 10.1 Å². The molecule has 1 aliphatic heterocycles. The Morgan fingerprint density at radius 1 is 1.13 bits per heavy atom. The van der Waals surface area contributed by atoms with Crippen LogP contribution >= 0.6 is 11.6 Å². The normalized spacial score (nSPS) is 16.1. The second-order valence-corrected chi connectivity index (χ2v) is 9.31. The van der Waals surface area contributed by atoms with Crippen molar-refractivity contribution in [3.05, 3.63) is 105 Å². The van der Waals surface area contributed by atoms with Crippen LogP contribution in [-0.2, 0) is 22.4 Å². The molecule has 0 unspecified atom stereocenters. The van der Waals surface area contributed by atoms with E-state index in [9.17, 15) is 4.79 Å². The lowest BCUT2D eigenvalue weighted by molar-refractivity contribution is -0.127. The molecular formula is C28H29ClN6O4. The molecule has 1 aliphatic rings. The van der Waals surface area contributed by atoms with E-state index >= 15 is 0 Å². The number of rotatable bonds is 13. The van der Waals surface area contributed by atoms with Crippen LogP contribution in [-0.4, -0.2) is 48.8 Å². The summed E-state index contributed by atoms with van der Waals surface area (Å²) >= 11 is 6.24. The minimum atomic E-state index is -1.30. The molecule has 0 saturated heterocycles. The number of aliphatic imine (C=N–C) groups is 1. The van der Waals surface area contributed by atoms with Crippen LogP contribution in [0.25, 0.3) is 10.4 Å². The smallest absolute Gasteiger partial charge is 0.266 e. The lowest BCUT2D eigenvalue weighted by Gasteiger charge is -2.24. The number of carbonyl (C=O) groups is 1. The molecule has 1 heterocycles. The van der Waals surface area contributed by atoms with Gasteiger partial charge in [0.2, 0.25) is 5.90 Å². The van der Waals surface area contributed by atoms with Crippen LogP contribution in [0.2, 0.25) is 5.02 Å². The monoisotopic (exact) mass is 548 g/mol. The van der Waals surface area contributed by atoms with Crippen molar-refractivity contribution in [1.29, 1.82) is 0 Å². The number of nitrogens with zero attached hydrogens (tertiary/aromatic N) is 4. The predicted octanol–water partition coefficient (Wildman–Crippen LogP) is 4.66. The summed E-state index contributed by atoms with van der Waals surface area (Å²) < 4.78 is 11.5. The Bertz CT molecular complexity index is 1360. The SMILES string of the molecule is [N-]=[N+]=Nc1ccccc1C[C@@]1(C(=O)NNCCc2ccccc2Cl)COC(c2ccc(OCCCO)cc2)=N1. The molecule has 0 aliphatic carbocycles. The summed E-state index contributed by atoms with van der Waals surface area (Å²) in [4.78, 5) is 21.2. The van der Waals surface area contributed by atoms with E-state index in [1.807, 2.05) is 30.3 Å². The highest BCUT2D eigenvalue weighted by Gasteiger charge is 2.45. The molecule has 202 valence electrons. The standard InChI is InChI=1S/C28H29ClN6O4/c29-24-8-3-1-6-20(24)14-15-31-34-27(37)28(18-22-7-2-4-9-25(22)33-35-30)19-39-26(32-28)21-10-12-23(13-11-21)38-17-5-16-36/h1-4,6-13,31,36H,5,14-19H2,(H,34,37)/t28-/m0/s1. The molecule has 0 spiro atoms. The Hall–Kier alpha value is -4.08. The van der Waals surface area contributed by atoms with Crippen molar-refractivity contribution >= 4 is 29.1 Å². The second-order valence-electron chi connectivity index (χ2n) is 8.90. The first-order valence-electron chi connectivity index (χ1n) is 12.5. The van der Waals surface area contributed by atoms with Crippen LogP contribution in [0.1, 0.15) is 23.1 Å². The molecule has 4 rings (SSSR count). The van der Waals surface area contributed by atoms with Gasteiger partial charge in [-0.1, -0.05) is 59.2 Å². The van der Waals surface area contributed by atoms with Crippen LogP contribution < -0.4 is 15.6 Å². The highest BCUT2D eigenvalue weighted by molar-refractivity contribution is 6.31. The van der Waals surface area contributed by atoms with Crippen LogP contribution in [0, 0.1) is 0 Å². The molecule has 0 radical (unpaired) electrons. The summed E-state index contributed by atoms with van der Waals surface area (Å²) in [5.74, 6) is 0.599. The summed E-state index contributed by atoms with van der Waals surface area (Å²) in [6.45, 7) is 0.922. The third kappa shape index (κ3) is 7.28. The maximum absolute atomic E-state index is 13.6. The third-order valence-electron chi connectivity index (χ3n) is 6.16. The molecule has 0 aromatic heterocycles. The van der Waals surface area contributed by atoms with E-state index in [0.717, 1.165) is 5.56 Å². The molecule has 10 nitrogen and oxygen atoms in total. The number of ether oxygens (including phenoxy) is 2. The number of amides is 1. The number of aliphatic hydroxyl groups is 1. The van der Waals surface area contributed by atoms with Gasteiger partial charge >= 0.3 is 0 Å². The van der Waals surface area contributed by atoms with Gasteiger partial charge in [0.15, 0.2) is 5.54 Å². The lowest BCUT2D eigenvalue weighted by atomic mass is 9.91. The van der Waals surface area contributed by atoms with Gasteiger partial charge in [-0.15, -0.1) is 0 Å². The van der Waals surface area contributed by atoms with Gasteiger partial charge in [-0.3, -0.25) is 10.2 Å². The summed E-state index contributed by atoms with van der Waals surface area (Å²) in [7, 11) is 0. The Morgan fingerprint density at radius 3 is 2.62 bits per heavy atom. The first-order valence-corrected chi connectivity index (χ1v) is 12.9. The average molecular weight is 549 g/mol. The van der Waals surface area contributed by atoms with Crippen molar-refractivity contribution in [2.75, 3.05) is 26.4 Å². The lowest BCUT2D eigenvalue weighted by Crippen LogP contribution is -2.53. The largest absolute Gasteiger partial charge is 0.494 e. The summed E-state index contributed by atoms with van der Waals surface area (Å²) in [5.41, 5.74) is 16.2. The maximum Gasteiger partial charge on any atom is 0.266 e. The zero-order chi connectivity index (χ0) is 27.5. The van der Waals surface area contributed by atoms with Crippen molar-refractivity contribution in [2.45, 2.75) is 24.8 Å². The molecular weight excluding hydrogens is 520 g/mol. The van der Waals surface area contributed by atoms with Gasteiger partial charge in [0, 0.05) is 47.2 Å². The van der Waals surface area contributed by atoms with Gasteiger partial charge in [0.1, 0.15) is 12.4 Å². The van der Waals surface area contributed by atoms with Crippen LogP contribution in [0.4, 0.5) is 5.69 Å². The van der Waals surface area contributed by atoms with Gasteiger partial charge in [-0.25, -0.2) is 10.4 Å². The molecule has 1 atom stereocenters. The summed E-state index contributed by atoms with van der Waals surface area (Å²) in [6.07, 6.45) is 1.31. The Morgan fingerprint density at radius 2 is 1.87 bits per heavy atom. The molecule has 3 N–H and O–H groups in total. The number of benzene rings is 3. The molecule has 0 bridgehead atoms. The molecule has 11 heteroatoms. The van der Waals surface area contributed by atoms with Crippen LogP contribution in [0.15, 0.2) is 82.9 Å². The first kappa shape index (κ1) is 27.9. The Balaban J connectivity index is 1.53. The fourth-order valence-corrected chi connectivity index (χ4v) is 4.34. The molecule has 3 aromatic carbocycles. The third-order valence-corrected chi connectivity index (χ3v) is 6.53. The van der Waals surface area contributed by atoms with Gasteiger partial charge in [-0.05, 0) is 53.4 Å². The quantitative estimate of drug-likeness (QED) is 0.0936. The van der Waals surface area contributed by atoms with E-state index in [2.05, 4.69) is 20.9 Å². The summed E-state index contributed by atoms with van der Waals surface area (Å²) in [5, 5.41) is 13.4. The van der Waals surface area contributed by atoms with E-state index < -0.39 is 5.54 Å². The topological polar surface area (TPSA) is 141 Å². The van der Waals surface area contributed by atoms with Gasteiger partial charge in [0.25, 0.3) is 5.91 Å².